The zero-order chi connectivity index (χ0) is 20.3. The number of hydrogen-bond donors (Lipinski definition) is 2. The lowest BCUT2D eigenvalue weighted by atomic mass is 9.99. The van der Waals surface area contributed by atoms with Crippen LogP contribution in [0, 0.1) is 0 Å². The van der Waals surface area contributed by atoms with E-state index < -0.39 is 28.2 Å². The number of likely N-dealkylation sites (N-methyl/N-ethyl adjacent to an activating group) is 1. The molecule has 0 aliphatic carbocycles. The number of aromatic nitrogens is 1. The van der Waals surface area contributed by atoms with Crippen molar-refractivity contribution in [3.05, 3.63) is 48.3 Å². The van der Waals surface area contributed by atoms with E-state index in [-0.39, 0.29) is 6.42 Å². The normalized spacial score (nSPS) is 21.7. The summed E-state index contributed by atoms with van der Waals surface area (Å²) in [6.07, 6.45) is 3.33. The first-order chi connectivity index (χ1) is 13.4. The number of carbonyl (C=O) groups is 1. The van der Waals surface area contributed by atoms with Crippen molar-refractivity contribution in [3.63, 3.8) is 0 Å². The number of nitrogens with one attached hydrogen (secondary N) is 2. The fourth-order valence-electron chi connectivity index (χ4n) is 3.06. The molecule has 10 heteroatoms. The smallest absolute Gasteiger partial charge is 0.280 e. The second-order valence-corrected chi connectivity index (χ2v) is 8.05. The molecule has 0 bridgehead atoms. The third-order valence-electron chi connectivity index (χ3n) is 4.61. The molecule has 0 radical (unpaired) electrons. The van der Waals surface area contributed by atoms with E-state index in [1.807, 2.05) is 0 Å². The predicted molar refractivity (Wildman–Crippen MR) is 103 cm³/mol. The molecule has 1 saturated heterocycles. The number of hydrogen-bond acceptors (Lipinski definition) is 6. The molecule has 28 heavy (non-hydrogen) atoms. The minimum absolute atomic E-state index is 0.247. The van der Waals surface area contributed by atoms with E-state index >= 15 is 0 Å². The van der Waals surface area contributed by atoms with Crippen molar-refractivity contribution in [2.75, 3.05) is 26.6 Å². The van der Waals surface area contributed by atoms with E-state index in [0.29, 0.717) is 22.7 Å². The summed E-state index contributed by atoms with van der Waals surface area (Å²) in [6.45, 7) is 0. The van der Waals surface area contributed by atoms with Gasteiger partial charge in [-0.15, -0.1) is 0 Å². The Morgan fingerprint density at radius 1 is 1.25 bits per heavy atom. The lowest BCUT2D eigenvalue weighted by Crippen LogP contribution is -2.55. The average Bonchev–Trinajstić information content (AvgIpc) is 2.69. The van der Waals surface area contributed by atoms with Crippen LogP contribution in [0.15, 0.2) is 42.7 Å². The summed E-state index contributed by atoms with van der Waals surface area (Å²) < 4.78 is 39.3. The molecule has 150 valence electrons. The first kappa shape index (κ1) is 20.1. The standard InChI is InChI=1S/C18H22N4O5S/c1-22-15(18(23)20-13-5-4-8-19-11-13)10-14(21-28(22,24)25)12-6-7-16(26-2)17(9-12)27-3/h4-9,11,14-15,21H,10H2,1-3H3,(H,20,23)/t14-,15+/m0/s1. The Kier molecular flexibility index (Phi) is 5.82. The van der Waals surface area contributed by atoms with E-state index in [1.165, 1.54) is 27.5 Å². The van der Waals surface area contributed by atoms with Gasteiger partial charge in [0, 0.05) is 13.2 Å². The van der Waals surface area contributed by atoms with Crippen molar-refractivity contribution in [2.24, 2.45) is 0 Å². The molecule has 0 unspecified atom stereocenters. The molecule has 0 spiro atoms. The summed E-state index contributed by atoms with van der Waals surface area (Å²) in [7, 11) is 0.557. The molecule has 0 saturated carbocycles. The van der Waals surface area contributed by atoms with Crippen LogP contribution in [0.5, 0.6) is 11.5 Å². The molecular weight excluding hydrogens is 384 g/mol. The average molecular weight is 406 g/mol. The van der Waals surface area contributed by atoms with Crippen molar-refractivity contribution in [3.8, 4) is 11.5 Å². The number of pyridine rings is 1. The predicted octanol–water partition coefficient (Wildman–Crippen LogP) is 1.32. The summed E-state index contributed by atoms with van der Waals surface area (Å²) in [6, 6.07) is 7.04. The third-order valence-corrected chi connectivity index (χ3v) is 6.21. The van der Waals surface area contributed by atoms with Crippen molar-refractivity contribution < 1.29 is 22.7 Å². The monoisotopic (exact) mass is 406 g/mol. The van der Waals surface area contributed by atoms with E-state index in [2.05, 4.69) is 15.0 Å². The molecule has 1 aromatic heterocycles. The van der Waals surface area contributed by atoms with Crippen LogP contribution < -0.4 is 19.5 Å². The molecule has 1 aromatic carbocycles. The van der Waals surface area contributed by atoms with Gasteiger partial charge >= 0.3 is 0 Å². The maximum Gasteiger partial charge on any atom is 0.280 e. The zero-order valence-corrected chi connectivity index (χ0v) is 16.6. The topological polar surface area (TPSA) is 110 Å². The number of anilines is 1. The highest BCUT2D eigenvalue weighted by molar-refractivity contribution is 7.87. The molecule has 2 aromatic rings. The SMILES string of the molecule is COc1ccc([C@@H]2C[C@H](C(=O)Nc3cccnc3)N(C)S(=O)(=O)N2)cc1OC. The van der Waals surface area contributed by atoms with E-state index in [9.17, 15) is 13.2 Å². The van der Waals surface area contributed by atoms with Gasteiger partial charge in [0.25, 0.3) is 10.2 Å². The maximum absolute atomic E-state index is 12.7. The van der Waals surface area contributed by atoms with Gasteiger partial charge in [0.05, 0.1) is 32.1 Å². The Hall–Kier alpha value is -2.69. The fourth-order valence-corrected chi connectivity index (χ4v) is 4.33. The Labute approximate surface area is 163 Å². The first-order valence-corrected chi connectivity index (χ1v) is 9.98. The lowest BCUT2D eigenvalue weighted by Gasteiger charge is -2.36. The molecular formula is C18H22N4O5S. The van der Waals surface area contributed by atoms with Gasteiger partial charge in [-0.2, -0.15) is 17.4 Å². The van der Waals surface area contributed by atoms with E-state index in [4.69, 9.17) is 9.47 Å². The highest BCUT2D eigenvalue weighted by atomic mass is 32.2. The molecule has 3 rings (SSSR count). The first-order valence-electron chi connectivity index (χ1n) is 8.54. The molecule has 1 aliphatic heterocycles. The summed E-state index contributed by atoms with van der Waals surface area (Å²) in [5, 5.41) is 2.71. The van der Waals surface area contributed by atoms with Gasteiger partial charge in [-0.3, -0.25) is 9.78 Å². The number of carbonyl (C=O) groups excluding carboxylic acids is 1. The Morgan fingerprint density at radius 2 is 2.00 bits per heavy atom. The van der Waals surface area contributed by atoms with Gasteiger partial charge < -0.3 is 14.8 Å². The van der Waals surface area contributed by atoms with Crippen LogP contribution >= 0.6 is 0 Å². The highest BCUT2D eigenvalue weighted by Crippen LogP contribution is 2.34. The van der Waals surface area contributed by atoms with Gasteiger partial charge in [0.2, 0.25) is 5.91 Å². The van der Waals surface area contributed by atoms with Crippen molar-refractivity contribution >= 4 is 21.8 Å². The zero-order valence-electron chi connectivity index (χ0n) is 15.7. The van der Waals surface area contributed by atoms with Crippen molar-refractivity contribution in [1.29, 1.82) is 0 Å². The fraction of sp³-hybridized carbons (Fsp3) is 0.333. The number of nitrogens with zero attached hydrogens (tertiary/aromatic N) is 2. The summed E-state index contributed by atoms with van der Waals surface area (Å²) in [5.74, 6) is 0.591. The summed E-state index contributed by atoms with van der Waals surface area (Å²) >= 11 is 0. The Balaban J connectivity index is 1.87. The minimum Gasteiger partial charge on any atom is -0.493 e. The molecule has 2 heterocycles. The van der Waals surface area contributed by atoms with Crippen molar-refractivity contribution in [1.82, 2.24) is 14.0 Å². The molecule has 9 nitrogen and oxygen atoms in total. The molecule has 1 aliphatic rings. The van der Waals surface area contributed by atoms with Gasteiger partial charge in [-0.1, -0.05) is 6.07 Å². The van der Waals surface area contributed by atoms with Crippen LogP contribution in [0.25, 0.3) is 0 Å². The third kappa shape index (κ3) is 4.08. The molecule has 2 N–H and O–H groups in total. The van der Waals surface area contributed by atoms with Gasteiger partial charge in [-0.25, -0.2) is 0 Å². The van der Waals surface area contributed by atoms with Crippen LogP contribution in [-0.4, -0.2) is 50.9 Å². The molecule has 1 amide bonds. The lowest BCUT2D eigenvalue weighted by molar-refractivity contribution is -0.120. The number of ether oxygens (including phenoxy) is 2. The Morgan fingerprint density at radius 3 is 2.64 bits per heavy atom. The second kappa shape index (κ2) is 8.13. The number of amides is 1. The van der Waals surface area contributed by atoms with Crippen LogP contribution in [0.2, 0.25) is 0 Å². The van der Waals surface area contributed by atoms with E-state index in [0.717, 1.165) is 4.31 Å². The van der Waals surface area contributed by atoms with E-state index in [1.54, 1.807) is 36.5 Å². The highest BCUT2D eigenvalue weighted by Gasteiger charge is 2.40. The Bertz CT molecular complexity index is 952. The summed E-state index contributed by atoms with van der Waals surface area (Å²) in [4.78, 5) is 16.7. The molecule has 2 atom stereocenters. The van der Waals surface area contributed by atoms with Crippen LogP contribution in [0.1, 0.15) is 18.0 Å². The maximum atomic E-state index is 12.7. The van der Waals surface area contributed by atoms with Crippen LogP contribution in [0.3, 0.4) is 0 Å². The van der Waals surface area contributed by atoms with Crippen LogP contribution in [-0.2, 0) is 15.0 Å². The molecule has 1 fully saturated rings. The quantitative estimate of drug-likeness (QED) is 0.775. The number of rotatable bonds is 5. The number of methoxy groups -OCH3 is 2. The van der Waals surface area contributed by atoms with Crippen LogP contribution in [0.4, 0.5) is 5.69 Å². The summed E-state index contributed by atoms with van der Waals surface area (Å²) in [5.41, 5.74) is 1.17. The van der Waals surface area contributed by atoms with Gasteiger partial charge in [0.1, 0.15) is 6.04 Å². The van der Waals surface area contributed by atoms with Gasteiger partial charge in [0.15, 0.2) is 11.5 Å². The second-order valence-electron chi connectivity index (χ2n) is 6.29. The van der Waals surface area contributed by atoms with Crippen molar-refractivity contribution in [2.45, 2.75) is 18.5 Å². The largest absolute Gasteiger partial charge is 0.493 e. The van der Waals surface area contributed by atoms with Gasteiger partial charge in [-0.05, 0) is 36.2 Å². The number of benzene rings is 1. The minimum atomic E-state index is -3.85.